The van der Waals surface area contributed by atoms with E-state index in [1.165, 1.54) is 12.8 Å². The Morgan fingerprint density at radius 1 is 1.26 bits per heavy atom. The van der Waals surface area contributed by atoms with Crippen LogP contribution >= 0.6 is 0 Å². The van der Waals surface area contributed by atoms with Crippen LogP contribution in [0.2, 0.25) is 0 Å². The van der Waals surface area contributed by atoms with Gasteiger partial charge in [-0.15, -0.1) is 5.10 Å². The summed E-state index contributed by atoms with van der Waals surface area (Å²) in [6, 6.07) is 5.95. The fraction of sp³-hybridized carbons (Fsp3) is 0.571. The summed E-state index contributed by atoms with van der Waals surface area (Å²) in [5, 5.41) is 4.56. The third kappa shape index (κ3) is 2.08. The molecule has 2 aliphatic rings. The molecule has 2 aromatic heterocycles. The van der Waals surface area contributed by atoms with E-state index in [-0.39, 0.29) is 6.10 Å². The molecule has 0 bridgehead atoms. The Morgan fingerprint density at radius 2 is 2.16 bits per heavy atom. The van der Waals surface area contributed by atoms with Gasteiger partial charge in [0.2, 0.25) is 5.95 Å². The molecule has 19 heavy (non-hydrogen) atoms. The van der Waals surface area contributed by atoms with Crippen LogP contribution in [0.3, 0.4) is 0 Å². The molecular formula is C14H18N4O. The SMILES string of the molecule is C[C@H]1CN(c2nc3ccccn3n2)C[C@H](C2CC2)O1. The van der Waals surface area contributed by atoms with Crippen molar-refractivity contribution in [2.24, 2.45) is 5.92 Å². The second-order valence-electron chi connectivity index (χ2n) is 5.64. The minimum atomic E-state index is 0.256. The van der Waals surface area contributed by atoms with E-state index in [1.807, 2.05) is 28.9 Å². The van der Waals surface area contributed by atoms with E-state index in [0.29, 0.717) is 6.10 Å². The van der Waals surface area contributed by atoms with E-state index in [2.05, 4.69) is 21.9 Å². The zero-order valence-corrected chi connectivity index (χ0v) is 11.1. The van der Waals surface area contributed by atoms with Crippen molar-refractivity contribution in [2.45, 2.75) is 32.0 Å². The minimum absolute atomic E-state index is 0.256. The summed E-state index contributed by atoms with van der Waals surface area (Å²) in [5.74, 6) is 1.58. The molecule has 0 amide bonds. The molecule has 2 aromatic rings. The van der Waals surface area contributed by atoms with Gasteiger partial charge in [0.05, 0.1) is 12.2 Å². The van der Waals surface area contributed by atoms with Crippen LogP contribution in [-0.4, -0.2) is 39.9 Å². The molecule has 0 unspecified atom stereocenters. The molecule has 4 rings (SSSR count). The molecule has 2 fully saturated rings. The fourth-order valence-corrected chi connectivity index (χ4v) is 2.83. The number of fused-ring (bicyclic) bond motifs is 1. The molecule has 2 atom stereocenters. The Hall–Kier alpha value is -1.62. The van der Waals surface area contributed by atoms with Crippen LogP contribution in [0.4, 0.5) is 5.95 Å². The molecule has 1 saturated heterocycles. The summed E-state index contributed by atoms with van der Waals surface area (Å²) < 4.78 is 7.87. The topological polar surface area (TPSA) is 42.7 Å². The number of rotatable bonds is 2. The van der Waals surface area contributed by atoms with E-state index >= 15 is 0 Å². The first-order chi connectivity index (χ1) is 9.29. The summed E-state index contributed by atoms with van der Waals surface area (Å²) in [6.07, 6.45) is 5.17. The van der Waals surface area contributed by atoms with Gasteiger partial charge in [0.1, 0.15) is 0 Å². The van der Waals surface area contributed by atoms with Crippen molar-refractivity contribution in [3.05, 3.63) is 24.4 Å². The standard InChI is InChI=1S/C14H18N4O/c1-10-8-17(9-12(19-10)11-5-6-11)14-15-13-4-2-3-7-18(13)16-14/h2-4,7,10-12H,5-6,8-9H2,1H3/t10-,12+/m0/s1. The number of morpholine rings is 1. The number of pyridine rings is 1. The molecule has 1 aliphatic heterocycles. The first kappa shape index (κ1) is 11.2. The number of anilines is 1. The third-order valence-corrected chi connectivity index (χ3v) is 3.95. The maximum atomic E-state index is 6.03. The highest BCUT2D eigenvalue weighted by atomic mass is 16.5. The molecule has 0 aromatic carbocycles. The molecule has 5 nitrogen and oxygen atoms in total. The van der Waals surface area contributed by atoms with Gasteiger partial charge in [0.15, 0.2) is 5.65 Å². The summed E-state index contributed by atoms with van der Waals surface area (Å²) >= 11 is 0. The Balaban J connectivity index is 1.62. The lowest BCUT2D eigenvalue weighted by Crippen LogP contribution is -2.48. The van der Waals surface area contributed by atoms with Crippen LogP contribution in [-0.2, 0) is 4.74 Å². The van der Waals surface area contributed by atoms with Gasteiger partial charge in [0.25, 0.3) is 0 Å². The van der Waals surface area contributed by atoms with Crippen molar-refractivity contribution in [3.63, 3.8) is 0 Å². The van der Waals surface area contributed by atoms with Gasteiger partial charge in [0, 0.05) is 19.3 Å². The van der Waals surface area contributed by atoms with Gasteiger partial charge < -0.3 is 9.64 Å². The second kappa shape index (κ2) is 4.20. The molecule has 1 aliphatic carbocycles. The first-order valence-corrected chi connectivity index (χ1v) is 7.01. The summed E-state index contributed by atoms with van der Waals surface area (Å²) in [4.78, 5) is 6.88. The van der Waals surface area contributed by atoms with E-state index in [9.17, 15) is 0 Å². The van der Waals surface area contributed by atoms with E-state index in [0.717, 1.165) is 30.6 Å². The van der Waals surface area contributed by atoms with Crippen LogP contribution in [0.1, 0.15) is 19.8 Å². The first-order valence-electron chi connectivity index (χ1n) is 7.01. The number of nitrogens with zero attached hydrogens (tertiary/aromatic N) is 4. The van der Waals surface area contributed by atoms with Crippen molar-refractivity contribution in [1.29, 1.82) is 0 Å². The van der Waals surface area contributed by atoms with Gasteiger partial charge >= 0.3 is 0 Å². The Morgan fingerprint density at radius 3 is 2.95 bits per heavy atom. The Bertz CT molecular complexity index is 559. The fourth-order valence-electron chi connectivity index (χ4n) is 2.83. The van der Waals surface area contributed by atoms with Crippen molar-refractivity contribution >= 4 is 11.6 Å². The molecule has 3 heterocycles. The second-order valence-corrected chi connectivity index (χ2v) is 5.64. The lowest BCUT2D eigenvalue weighted by Gasteiger charge is -2.36. The van der Waals surface area contributed by atoms with Crippen molar-refractivity contribution < 1.29 is 4.74 Å². The number of hydrogen-bond acceptors (Lipinski definition) is 4. The van der Waals surface area contributed by atoms with Gasteiger partial charge in [-0.3, -0.25) is 0 Å². The van der Waals surface area contributed by atoms with Gasteiger partial charge in [-0.25, -0.2) is 4.52 Å². The number of hydrogen-bond donors (Lipinski definition) is 0. The molecule has 1 saturated carbocycles. The zero-order chi connectivity index (χ0) is 12.8. The van der Waals surface area contributed by atoms with Crippen LogP contribution < -0.4 is 4.90 Å². The monoisotopic (exact) mass is 258 g/mol. The van der Waals surface area contributed by atoms with Gasteiger partial charge in [-0.2, -0.15) is 4.98 Å². The maximum absolute atomic E-state index is 6.03. The lowest BCUT2D eigenvalue weighted by atomic mass is 10.1. The van der Waals surface area contributed by atoms with Crippen LogP contribution in [0.25, 0.3) is 5.65 Å². The molecule has 100 valence electrons. The minimum Gasteiger partial charge on any atom is -0.371 e. The van der Waals surface area contributed by atoms with Crippen molar-refractivity contribution in [1.82, 2.24) is 14.6 Å². The summed E-state index contributed by atoms with van der Waals surface area (Å²) in [7, 11) is 0. The Kier molecular flexibility index (Phi) is 2.48. The average molecular weight is 258 g/mol. The molecule has 0 N–H and O–H groups in total. The summed E-state index contributed by atoms with van der Waals surface area (Å²) in [5.41, 5.74) is 0.902. The molecule has 0 spiro atoms. The van der Waals surface area contributed by atoms with Crippen molar-refractivity contribution in [2.75, 3.05) is 18.0 Å². The van der Waals surface area contributed by atoms with Crippen LogP contribution in [0.5, 0.6) is 0 Å². The summed E-state index contributed by atoms with van der Waals surface area (Å²) in [6.45, 7) is 3.93. The average Bonchev–Trinajstić information content (AvgIpc) is 3.17. The van der Waals surface area contributed by atoms with Gasteiger partial charge in [-0.05, 0) is 37.8 Å². The molecular weight excluding hydrogens is 240 g/mol. The van der Waals surface area contributed by atoms with Crippen LogP contribution in [0, 0.1) is 5.92 Å². The van der Waals surface area contributed by atoms with E-state index in [1.54, 1.807) is 0 Å². The number of ether oxygens (including phenoxy) is 1. The largest absolute Gasteiger partial charge is 0.371 e. The Labute approximate surface area is 112 Å². The highest BCUT2D eigenvalue weighted by molar-refractivity contribution is 5.44. The smallest absolute Gasteiger partial charge is 0.245 e. The third-order valence-electron chi connectivity index (χ3n) is 3.95. The quantitative estimate of drug-likeness (QED) is 0.823. The van der Waals surface area contributed by atoms with Crippen molar-refractivity contribution in [3.8, 4) is 0 Å². The number of aromatic nitrogens is 3. The predicted octanol–water partition coefficient (Wildman–Crippen LogP) is 1.73. The van der Waals surface area contributed by atoms with Gasteiger partial charge in [-0.1, -0.05) is 6.07 Å². The zero-order valence-electron chi connectivity index (χ0n) is 11.1. The van der Waals surface area contributed by atoms with E-state index in [4.69, 9.17) is 4.74 Å². The van der Waals surface area contributed by atoms with E-state index < -0.39 is 0 Å². The van der Waals surface area contributed by atoms with Crippen LogP contribution in [0.15, 0.2) is 24.4 Å². The lowest BCUT2D eigenvalue weighted by molar-refractivity contribution is -0.0275. The highest BCUT2D eigenvalue weighted by Crippen LogP contribution is 2.37. The highest BCUT2D eigenvalue weighted by Gasteiger charge is 2.38. The molecule has 0 radical (unpaired) electrons. The predicted molar refractivity (Wildman–Crippen MR) is 72.3 cm³/mol. The molecule has 5 heteroatoms. The maximum Gasteiger partial charge on any atom is 0.245 e. The normalized spacial score (nSPS) is 27.9.